The molecule has 0 aliphatic heterocycles. The van der Waals surface area contributed by atoms with Crippen LogP contribution in [0.15, 0.2) is 54.6 Å². The molecule has 0 atom stereocenters. The molecule has 0 saturated heterocycles. The first-order valence-electron chi connectivity index (χ1n) is 8.53. The SMILES string of the molecule is NC(=O)c1cccc2c1c1ccc(F)cc1n2Cc1cccc(C(F)(F)F)c1F. The Morgan fingerprint density at radius 3 is 2.38 bits per heavy atom. The zero-order valence-electron chi connectivity index (χ0n) is 14.7. The number of hydrogen-bond donors (Lipinski definition) is 1. The van der Waals surface area contributed by atoms with Gasteiger partial charge in [0.15, 0.2) is 0 Å². The Morgan fingerprint density at radius 2 is 1.69 bits per heavy atom. The summed E-state index contributed by atoms with van der Waals surface area (Å²) in [6, 6.07) is 11.5. The van der Waals surface area contributed by atoms with E-state index in [2.05, 4.69) is 0 Å². The fourth-order valence-electron chi connectivity index (χ4n) is 3.58. The number of fused-ring (bicyclic) bond motifs is 3. The molecule has 0 unspecified atom stereocenters. The van der Waals surface area contributed by atoms with Gasteiger partial charge in [-0.05, 0) is 36.4 Å². The molecule has 8 heteroatoms. The van der Waals surface area contributed by atoms with Gasteiger partial charge in [-0.3, -0.25) is 4.79 Å². The minimum Gasteiger partial charge on any atom is -0.366 e. The molecule has 0 spiro atoms. The third-order valence-corrected chi connectivity index (χ3v) is 4.83. The van der Waals surface area contributed by atoms with Crippen molar-refractivity contribution in [1.29, 1.82) is 0 Å². The number of alkyl halides is 3. The molecular formula is C21H13F5N2O. The van der Waals surface area contributed by atoms with Crippen LogP contribution in [-0.4, -0.2) is 10.5 Å². The van der Waals surface area contributed by atoms with Crippen LogP contribution >= 0.6 is 0 Å². The van der Waals surface area contributed by atoms with Crippen molar-refractivity contribution in [1.82, 2.24) is 4.57 Å². The molecule has 0 radical (unpaired) electrons. The zero-order valence-corrected chi connectivity index (χ0v) is 14.7. The van der Waals surface area contributed by atoms with Crippen LogP contribution in [0.2, 0.25) is 0 Å². The van der Waals surface area contributed by atoms with Gasteiger partial charge in [0.1, 0.15) is 11.6 Å². The van der Waals surface area contributed by atoms with Crippen LogP contribution in [0, 0.1) is 11.6 Å². The Bertz CT molecular complexity index is 1270. The van der Waals surface area contributed by atoms with E-state index in [1.54, 1.807) is 12.1 Å². The molecule has 0 bridgehead atoms. The van der Waals surface area contributed by atoms with Gasteiger partial charge in [0, 0.05) is 21.9 Å². The molecule has 4 aromatic rings. The van der Waals surface area contributed by atoms with E-state index in [4.69, 9.17) is 5.73 Å². The van der Waals surface area contributed by atoms with E-state index in [-0.39, 0.29) is 17.7 Å². The molecule has 0 aliphatic rings. The summed E-state index contributed by atoms with van der Waals surface area (Å²) in [6.45, 7) is -0.290. The smallest absolute Gasteiger partial charge is 0.366 e. The standard InChI is InChI=1S/C21H13F5N2O/c22-12-7-8-13-17(9-12)28(16-6-2-4-14(18(13)16)20(27)29)10-11-3-1-5-15(19(11)23)21(24,25)26/h1-9H,10H2,(H2,27,29). The highest BCUT2D eigenvalue weighted by Gasteiger charge is 2.34. The minimum atomic E-state index is -4.84. The van der Waals surface area contributed by atoms with Crippen molar-refractivity contribution >= 4 is 27.7 Å². The number of nitrogens with two attached hydrogens (primary N) is 1. The number of rotatable bonds is 3. The summed E-state index contributed by atoms with van der Waals surface area (Å²) >= 11 is 0. The molecule has 3 aromatic carbocycles. The first-order valence-corrected chi connectivity index (χ1v) is 8.53. The fraction of sp³-hybridized carbons (Fsp3) is 0.0952. The predicted molar refractivity (Wildman–Crippen MR) is 98.4 cm³/mol. The average Bonchev–Trinajstić information content (AvgIpc) is 2.95. The number of amides is 1. The van der Waals surface area contributed by atoms with E-state index in [1.807, 2.05) is 0 Å². The molecule has 148 valence electrons. The first-order chi connectivity index (χ1) is 13.7. The second kappa shape index (κ2) is 6.58. The van der Waals surface area contributed by atoms with Crippen LogP contribution in [-0.2, 0) is 12.7 Å². The topological polar surface area (TPSA) is 48.0 Å². The van der Waals surface area contributed by atoms with Crippen molar-refractivity contribution in [3.63, 3.8) is 0 Å². The number of benzene rings is 3. The first kappa shape index (κ1) is 18.9. The summed E-state index contributed by atoms with van der Waals surface area (Å²) < 4.78 is 69.1. The van der Waals surface area contributed by atoms with Crippen LogP contribution in [0.3, 0.4) is 0 Å². The van der Waals surface area contributed by atoms with Crippen LogP contribution < -0.4 is 5.73 Å². The summed E-state index contributed by atoms with van der Waals surface area (Å²) in [5.41, 5.74) is 4.78. The maximum Gasteiger partial charge on any atom is 0.419 e. The van der Waals surface area contributed by atoms with E-state index in [0.29, 0.717) is 27.9 Å². The predicted octanol–water partition coefficient (Wildman–Crippen LogP) is 5.24. The zero-order chi connectivity index (χ0) is 20.9. The van der Waals surface area contributed by atoms with Gasteiger partial charge < -0.3 is 10.3 Å². The monoisotopic (exact) mass is 404 g/mol. The lowest BCUT2D eigenvalue weighted by atomic mass is 10.1. The maximum absolute atomic E-state index is 14.6. The van der Waals surface area contributed by atoms with E-state index < -0.39 is 29.3 Å². The number of nitrogens with zero attached hydrogens (tertiary/aromatic N) is 1. The summed E-state index contributed by atoms with van der Waals surface area (Å²) in [5.74, 6) is -2.67. The number of carbonyl (C=O) groups is 1. The molecule has 0 aliphatic carbocycles. The highest BCUT2D eigenvalue weighted by molar-refractivity contribution is 6.17. The van der Waals surface area contributed by atoms with Crippen molar-refractivity contribution in [2.75, 3.05) is 0 Å². The number of hydrogen-bond acceptors (Lipinski definition) is 1. The highest BCUT2D eigenvalue weighted by Crippen LogP contribution is 2.35. The normalized spacial score (nSPS) is 12.0. The Balaban J connectivity index is 2.01. The number of aromatic nitrogens is 1. The third-order valence-electron chi connectivity index (χ3n) is 4.83. The largest absolute Gasteiger partial charge is 0.419 e. The number of carbonyl (C=O) groups excluding carboxylic acids is 1. The molecule has 0 saturated carbocycles. The molecule has 3 nitrogen and oxygen atoms in total. The Morgan fingerprint density at radius 1 is 0.966 bits per heavy atom. The van der Waals surface area contributed by atoms with Gasteiger partial charge in [0.25, 0.3) is 0 Å². The Kier molecular flexibility index (Phi) is 4.29. The average molecular weight is 404 g/mol. The molecule has 29 heavy (non-hydrogen) atoms. The Labute approximate surface area is 161 Å². The van der Waals surface area contributed by atoms with Gasteiger partial charge >= 0.3 is 6.18 Å². The van der Waals surface area contributed by atoms with Crippen molar-refractivity contribution in [2.24, 2.45) is 5.73 Å². The van der Waals surface area contributed by atoms with Crippen LogP contribution in [0.4, 0.5) is 22.0 Å². The van der Waals surface area contributed by atoms with E-state index in [0.717, 1.165) is 6.07 Å². The molecule has 1 heterocycles. The van der Waals surface area contributed by atoms with E-state index in [1.165, 1.54) is 34.9 Å². The van der Waals surface area contributed by atoms with Crippen molar-refractivity contribution in [2.45, 2.75) is 12.7 Å². The van der Waals surface area contributed by atoms with Crippen molar-refractivity contribution in [3.8, 4) is 0 Å². The highest BCUT2D eigenvalue weighted by atomic mass is 19.4. The van der Waals surface area contributed by atoms with Crippen LogP contribution in [0.5, 0.6) is 0 Å². The molecule has 1 amide bonds. The minimum absolute atomic E-state index is 0.183. The Hall–Kier alpha value is -3.42. The lowest BCUT2D eigenvalue weighted by molar-refractivity contribution is -0.140. The van der Waals surface area contributed by atoms with Gasteiger partial charge in [-0.2, -0.15) is 13.2 Å². The number of halogens is 5. The lowest BCUT2D eigenvalue weighted by Gasteiger charge is -2.13. The summed E-state index contributed by atoms with van der Waals surface area (Å²) in [6.07, 6.45) is -4.84. The third kappa shape index (κ3) is 3.10. The van der Waals surface area contributed by atoms with E-state index >= 15 is 0 Å². The van der Waals surface area contributed by atoms with Gasteiger partial charge in [0.05, 0.1) is 23.1 Å². The molecule has 4 rings (SSSR count). The van der Waals surface area contributed by atoms with Crippen LogP contribution in [0.1, 0.15) is 21.5 Å². The maximum atomic E-state index is 14.6. The van der Waals surface area contributed by atoms with Gasteiger partial charge in [-0.25, -0.2) is 8.78 Å². The van der Waals surface area contributed by atoms with Gasteiger partial charge in [-0.1, -0.05) is 18.2 Å². The lowest BCUT2D eigenvalue weighted by Crippen LogP contribution is -2.12. The van der Waals surface area contributed by atoms with Crippen molar-refractivity contribution < 1.29 is 26.7 Å². The molecule has 1 aromatic heterocycles. The molecule has 0 fully saturated rings. The summed E-state index contributed by atoms with van der Waals surface area (Å²) in [5, 5.41) is 0.922. The second-order valence-electron chi connectivity index (χ2n) is 6.59. The number of primary amides is 1. The quantitative estimate of drug-likeness (QED) is 0.467. The van der Waals surface area contributed by atoms with E-state index in [9.17, 15) is 26.7 Å². The summed E-state index contributed by atoms with van der Waals surface area (Å²) in [4.78, 5) is 11.9. The van der Waals surface area contributed by atoms with Crippen LogP contribution in [0.25, 0.3) is 21.8 Å². The fourth-order valence-corrected chi connectivity index (χ4v) is 3.58. The second-order valence-corrected chi connectivity index (χ2v) is 6.59. The molecular weight excluding hydrogens is 391 g/mol. The van der Waals surface area contributed by atoms with Gasteiger partial charge in [0.2, 0.25) is 5.91 Å². The van der Waals surface area contributed by atoms with Gasteiger partial charge in [-0.15, -0.1) is 0 Å². The summed E-state index contributed by atoms with van der Waals surface area (Å²) in [7, 11) is 0. The van der Waals surface area contributed by atoms with Crippen molar-refractivity contribution in [3.05, 3.63) is 82.9 Å². The molecule has 2 N–H and O–H groups in total.